The van der Waals surface area contributed by atoms with Gasteiger partial charge in [0.25, 0.3) is 0 Å². The summed E-state index contributed by atoms with van der Waals surface area (Å²) in [5.41, 5.74) is 1.01. The Morgan fingerprint density at radius 2 is 1.69 bits per heavy atom. The van der Waals surface area contributed by atoms with Crippen molar-refractivity contribution in [3.8, 4) is 5.75 Å². The van der Waals surface area contributed by atoms with Gasteiger partial charge in [0.2, 0.25) is 0 Å². The van der Waals surface area contributed by atoms with E-state index in [1.807, 2.05) is 24.3 Å². The first-order valence-corrected chi connectivity index (χ1v) is 10.7. The summed E-state index contributed by atoms with van der Waals surface area (Å²) < 4.78 is 6.00. The molecule has 5 heteroatoms. The van der Waals surface area contributed by atoms with Crippen LogP contribution in [0.25, 0.3) is 0 Å². The standard InChI is InChI=1S/C21H33N3OS/c26-21(22-14-7-17-24-15-5-1-2-6-16-24)23-18-10-12-20(13-11-18)25-19-8-3-4-9-19/h10-13,19H,1-9,14-17H2,(H2,22,23,26). The second kappa shape index (κ2) is 10.7. The molecule has 0 amide bonds. The normalized spacial score (nSPS) is 19.1. The molecule has 144 valence electrons. The largest absolute Gasteiger partial charge is 0.490 e. The van der Waals surface area contributed by atoms with E-state index in [-0.39, 0.29) is 0 Å². The molecule has 2 fully saturated rings. The van der Waals surface area contributed by atoms with Crippen LogP contribution in [0.4, 0.5) is 5.69 Å². The van der Waals surface area contributed by atoms with Gasteiger partial charge in [0, 0.05) is 12.2 Å². The molecule has 0 spiro atoms. The Hall–Kier alpha value is -1.33. The number of ether oxygens (including phenoxy) is 1. The van der Waals surface area contributed by atoms with E-state index in [1.54, 1.807) is 0 Å². The topological polar surface area (TPSA) is 36.5 Å². The number of likely N-dealkylation sites (tertiary alicyclic amines) is 1. The summed E-state index contributed by atoms with van der Waals surface area (Å²) >= 11 is 5.41. The van der Waals surface area contributed by atoms with E-state index in [4.69, 9.17) is 17.0 Å². The van der Waals surface area contributed by atoms with E-state index in [9.17, 15) is 0 Å². The maximum absolute atomic E-state index is 6.00. The van der Waals surface area contributed by atoms with Crippen molar-refractivity contribution in [3.63, 3.8) is 0 Å². The first-order chi connectivity index (χ1) is 12.8. The molecule has 2 aliphatic rings. The Morgan fingerprint density at radius 1 is 1.00 bits per heavy atom. The molecule has 1 saturated carbocycles. The van der Waals surface area contributed by atoms with Crippen LogP contribution >= 0.6 is 12.2 Å². The summed E-state index contributed by atoms with van der Waals surface area (Å²) in [6, 6.07) is 8.14. The van der Waals surface area contributed by atoms with Crippen molar-refractivity contribution >= 4 is 23.0 Å². The highest BCUT2D eigenvalue weighted by Gasteiger charge is 2.16. The summed E-state index contributed by atoms with van der Waals surface area (Å²) in [6.45, 7) is 4.62. The predicted molar refractivity (Wildman–Crippen MR) is 113 cm³/mol. The summed E-state index contributed by atoms with van der Waals surface area (Å²) in [6.07, 6.45) is 12.0. The molecule has 0 radical (unpaired) electrons. The lowest BCUT2D eigenvalue weighted by atomic mass is 10.2. The number of hydrogen-bond acceptors (Lipinski definition) is 3. The van der Waals surface area contributed by atoms with Crippen LogP contribution in [0.15, 0.2) is 24.3 Å². The molecular weight excluding hydrogens is 342 g/mol. The van der Waals surface area contributed by atoms with Gasteiger partial charge in [-0.1, -0.05) is 12.8 Å². The van der Waals surface area contributed by atoms with Crippen LogP contribution in [0.1, 0.15) is 57.8 Å². The number of rotatable bonds is 7. The van der Waals surface area contributed by atoms with Gasteiger partial charge in [-0.3, -0.25) is 0 Å². The Balaban J connectivity index is 1.31. The first-order valence-electron chi connectivity index (χ1n) is 10.3. The minimum absolute atomic E-state index is 0.403. The Kier molecular flexibility index (Phi) is 8.02. The smallest absolute Gasteiger partial charge is 0.170 e. The van der Waals surface area contributed by atoms with Crippen molar-refractivity contribution in [3.05, 3.63) is 24.3 Å². The molecule has 0 bridgehead atoms. The first kappa shape index (κ1) is 19.4. The van der Waals surface area contributed by atoms with Crippen molar-refractivity contribution in [2.45, 2.75) is 63.9 Å². The third kappa shape index (κ3) is 6.76. The highest BCUT2D eigenvalue weighted by atomic mass is 32.1. The zero-order valence-corrected chi connectivity index (χ0v) is 16.7. The van der Waals surface area contributed by atoms with Crippen LogP contribution in [0.2, 0.25) is 0 Å². The fourth-order valence-electron chi connectivity index (χ4n) is 3.86. The van der Waals surface area contributed by atoms with Gasteiger partial charge in [-0.2, -0.15) is 0 Å². The van der Waals surface area contributed by atoms with Crippen molar-refractivity contribution < 1.29 is 4.74 Å². The molecule has 0 unspecified atom stereocenters. The fraction of sp³-hybridized carbons (Fsp3) is 0.667. The van der Waals surface area contributed by atoms with E-state index in [0.29, 0.717) is 11.2 Å². The lowest BCUT2D eigenvalue weighted by Gasteiger charge is -2.20. The molecule has 2 N–H and O–H groups in total. The third-order valence-electron chi connectivity index (χ3n) is 5.35. The number of benzene rings is 1. The van der Waals surface area contributed by atoms with E-state index in [0.717, 1.165) is 24.4 Å². The van der Waals surface area contributed by atoms with Crippen LogP contribution in [0.3, 0.4) is 0 Å². The Bertz CT molecular complexity index is 535. The number of nitrogens with zero attached hydrogens (tertiary/aromatic N) is 1. The molecule has 1 saturated heterocycles. The fourth-order valence-corrected chi connectivity index (χ4v) is 4.08. The minimum atomic E-state index is 0.403. The molecule has 1 aliphatic heterocycles. The average molecular weight is 376 g/mol. The van der Waals surface area contributed by atoms with Gasteiger partial charge >= 0.3 is 0 Å². The van der Waals surface area contributed by atoms with Crippen molar-refractivity contribution in [1.82, 2.24) is 10.2 Å². The van der Waals surface area contributed by atoms with E-state index < -0.39 is 0 Å². The number of hydrogen-bond donors (Lipinski definition) is 2. The molecular formula is C21H33N3OS. The minimum Gasteiger partial charge on any atom is -0.490 e. The summed E-state index contributed by atoms with van der Waals surface area (Å²) in [7, 11) is 0. The Morgan fingerprint density at radius 3 is 2.38 bits per heavy atom. The van der Waals surface area contributed by atoms with E-state index in [1.165, 1.54) is 71.0 Å². The van der Waals surface area contributed by atoms with Crippen molar-refractivity contribution in [2.75, 3.05) is 31.5 Å². The van der Waals surface area contributed by atoms with Crippen LogP contribution in [0, 0.1) is 0 Å². The van der Waals surface area contributed by atoms with Gasteiger partial charge in [0.05, 0.1) is 6.10 Å². The maximum Gasteiger partial charge on any atom is 0.170 e. The highest BCUT2D eigenvalue weighted by molar-refractivity contribution is 7.80. The van der Waals surface area contributed by atoms with Crippen LogP contribution < -0.4 is 15.4 Å². The quantitative estimate of drug-likeness (QED) is 0.540. The number of thiocarbonyl (C=S) groups is 1. The van der Waals surface area contributed by atoms with Crippen LogP contribution in [0.5, 0.6) is 5.75 Å². The zero-order chi connectivity index (χ0) is 18.0. The molecule has 1 aromatic carbocycles. The lowest BCUT2D eigenvalue weighted by Crippen LogP contribution is -2.32. The molecule has 0 aromatic heterocycles. The highest BCUT2D eigenvalue weighted by Crippen LogP contribution is 2.25. The average Bonchev–Trinajstić information content (AvgIpc) is 3.02. The van der Waals surface area contributed by atoms with Crippen molar-refractivity contribution in [2.24, 2.45) is 0 Å². The van der Waals surface area contributed by atoms with E-state index in [2.05, 4.69) is 15.5 Å². The van der Waals surface area contributed by atoms with Gasteiger partial charge < -0.3 is 20.3 Å². The predicted octanol–water partition coefficient (Wildman–Crippen LogP) is 4.56. The SMILES string of the molecule is S=C(NCCCN1CCCCCC1)Nc1ccc(OC2CCCC2)cc1. The molecule has 1 heterocycles. The summed E-state index contributed by atoms with van der Waals surface area (Å²) in [4.78, 5) is 2.59. The number of anilines is 1. The zero-order valence-electron chi connectivity index (χ0n) is 15.8. The maximum atomic E-state index is 6.00. The van der Waals surface area contributed by atoms with Crippen LogP contribution in [-0.4, -0.2) is 42.3 Å². The molecule has 1 aliphatic carbocycles. The van der Waals surface area contributed by atoms with Gasteiger partial charge in [0.1, 0.15) is 5.75 Å². The molecule has 26 heavy (non-hydrogen) atoms. The molecule has 0 atom stereocenters. The molecule has 4 nitrogen and oxygen atoms in total. The number of nitrogens with one attached hydrogen (secondary N) is 2. The second-order valence-corrected chi connectivity index (χ2v) is 7.95. The Labute approximate surface area is 163 Å². The molecule has 3 rings (SSSR count). The monoisotopic (exact) mass is 375 g/mol. The second-order valence-electron chi connectivity index (χ2n) is 7.54. The van der Waals surface area contributed by atoms with Crippen LogP contribution in [-0.2, 0) is 0 Å². The molecule has 1 aromatic rings. The lowest BCUT2D eigenvalue weighted by molar-refractivity contribution is 0.210. The van der Waals surface area contributed by atoms with Crippen molar-refractivity contribution in [1.29, 1.82) is 0 Å². The van der Waals surface area contributed by atoms with Gasteiger partial charge in [-0.25, -0.2) is 0 Å². The third-order valence-corrected chi connectivity index (χ3v) is 5.60. The van der Waals surface area contributed by atoms with Gasteiger partial charge in [-0.05, 0) is 101 Å². The summed E-state index contributed by atoms with van der Waals surface area (Å²) in [5.74, 6) is 0.957. The van der Waals surface area contributed by atoms with Gasteiger partial charge in [-0.15, -0.1) is 0 Å². The van der Waals surface area contributed by atoms with Gasteiger partial charge in [0.15, 0.2) is 5.11 Å². The van der Waals surface area contributed by atoms with E-state index >= 15 is 0 Å². The summed E-state index contributed by atoms with van der Waals surface area (Å²) in [5, 5.41) is 7.28.